The van der Waals surface area contributed by atoms with Crippen molar-refractivity contribution in [1.29, 1.82) is 0 Å². The van der Waals surface area contributed by atoms with E-state index in [2.05, 4.69) is 64.7 Å². The fraction of sp³-hybridized carbons (Fsp3) is 0.682. The zero-order valence-electron chi connectivity index (χ0n) is 18.1. The molecule has 0 bridgehead atoms. The second kappa shape index (κ2) is 11.5. The third-order valence-electron chi connectivity index (χ3n) is 6.21. The van der Waals surface area contributed by atoms with Crippen molar-refractivity contribution < 1.29 is 9.47 Å². The first-order valence-electron chi connectivity index (χ1n) is 10.5. The number of benzene rings is 1. The van der Waals surface area contributed by atoms with Crippen molar-refractivity contribution >= 4 is 29.9 Å². The van der Waals surface area contributed by atoms with Crippen LogP contribution in [0.15, 0.2) is 35.3 Å². The summed E-state index contributed by atoms with van der Waals surface area (Å²) in [5.74, 6) is 0.864. The molecule has 2 heterocycles. The Kier molecular flexibility index (Phi) is 9.65. The Morgan fingerprint density at radius 1 is 1.03 bits per heavy atom. The number of halogens is 1. The zero-order valence-corrected chi connectivity index (χ0v) is 20.4. The van der Waals surface area contributed by atoms with Gasteiger partial charge in [-0.15, -0.1) is 24.0 Å². The molecule has 0 atom stereocenters. The summed E-state index contributed by atoms with van der Waals surface area (Å²) in [4.78, 5) is 6.95. The Morgan fingerprint density at radius 3 is 2.28 bits per heavy atom. The summed E-state index contributed by atoms with van der Waals surface area (Å²) < 4.78 is 11.1. The number of ether oxygens (including phenoxy) is 2. The Balaban J connectivity index is 0.00000300. The second-order valence-corrected chi connectivity index (χ2v) is 8.45. The van der Waals surface area contributed by atoms with E-state index in [0.717, 1.165) is 71.4 Å². The summed E-state index contributed by atoms with van der Waals surface area (Å²) in [5.41, 5.74) is 1.53. The largest absolute Gasteiger partial charge is 0.381 e. The Morgan fingerprint density at radius 2 is 1.66 bits per heavy atom. The normalized spacial score (nSPS) is 20.6. The van der Waals surface area contributed by atoms with Gasteiger partial charge < -0.3 is 20.1 Å². The molecule has 1 aromatic rings. The number of hydrogen-bond acceptors (Lipinski definition) is 4. The molecule has 2 saturated heterocycles. The van der Waals surface area contributed by atoms with E-state index in [1.165, 1.54) is 5.56 Å². The van der Waals surface area contributed by atoms with E-state index < -0.39 is 0 Å². The molecule has 6 nitrogen and oxygen atoms in total. The highest BCUT2D eigenvalue weighted by Crippen LogP contribution is 2.34. The maximum atomic E-state index is 5.65. The van der Waals surface area contributed by atoms with Gasteiger partial charge in [0.05, 0.1) is 13.2 Å². The molecular formula is C22H37IN4O2. The first kappa shape index (κ1) is 24.4. The predicted molar refractivity (Wildman–Crippen MR) is 129 cm³/mol. The van der Waals surface area contributed by atoms with Crippen LogP contribution in [0.3, 0.4) is 0 Å². The van der Waals surface area contributed by atoms with E-state index in [-0.39, 0.29) is 34.9 Å². The highest BCUT2D eigenvalue weighted by atomic mass is 127. The van der Waals surface area contributed by atoms with E-state index in [1.807, 2.05) is 7.05 Å². The lowest BCUT2D eigenvalue weighted by Gasteiger charge is -2.41. The number of nitrogens with zero attached hydrogens (tertiary/aromatic N) is 2. The van der Waals surface area contributed by atoms with Crippen molar-refractivity contribution in [3.8, 4) is 0 Å². The van der Waals surface area contributed by atoms with E-state index in [0.29, 0.717) is 0 Å². The van der Waals surface area contributed by atoms with Gasteiger partial charge in [0.1, 0.15) is 0 Å². The molecule has 2 aliphatic rings. The van der Waals surface area contributed by atoms with Crippen LogP contribution in [-0.2, 0) is 14.9 Å². The predicted octanol–water partition coefficient (Wildman–Crippen LogP) is 2.63. The second-order valence-electron chi connectivity index (χ2n) is 8.45. The average molecular weight is 516 g/mol. The molecule has 0 aromatic heterocycles. The van der Waals surface area contributed by atoms with Gasteiger partial charge in [-0.2, -0.15) is 0 Å². The van der Waals surface area contributed by atoms with Crippen LogP contribution in [0.25, 0.3) is 0 Å². The summed E-state index contributed by atoms with van der Waals surface area (Å²) in [5, 5.41) is 7.13. The van der Waals surface area contributed by atoms with Crippen LogP contribution in [0, 0.1) is 0 Å². The molecular weight excluding hydrogens is 479 g/mol. The van der Waals surface area contributed by atoms with Gasteiger partial charge in [0.15, 0.2) is 5.96 Å². The van der Waals surface area contributed by atoms with Crippen molar-refractivity contribution in [2.75, 3.05) is 59.7 Å². The van der Waals surface area contributed by atoms with Crippen molar-refractivity contribution in [3.05, 3.63) is 35.9 Å². The molecule has 29 heavy (non-hydrogen) atoms. The summed E-state index contributed by atoms with van der Waals surface area (Å²) in [6.45, 7) is 11.5. The van der Waals surface area contributed by atoms with Crippen molar-refractivity contribution in [2.24, 2.45) is 4.99 Å². The number of morpholine rings is 1. The monoisotopic (exact) mass is 516 g/mol. The van der Waals surface area contributed by atoms with Gasteiger partial charge in [0.25, 0.3) is 0 Å². The van der Waals surface area contributed by atoms with Crippen molar-refractivity contribution in [1.82, 2.24) is 15.5 Å². The minimum Gasteiger partial charge on any atom is -0.381 e. The van der Waals surface area contributed by atoms with Gasteiger partial charge in [0, 0.05) is 57.4 Å². The lowest BCUT2D eigenvalue weighted by Crippen LogP contribution is -2.57. The third-order valence-corrected chi connectivity index (χ3v) is 6.21. The molecule has 0 amide bonds. The highest BCUT2D eigenvalue weighted by Gasteiger charge is 2.35. The molecule has 1 aromatic carbocycles. The van der Waals surface area contributed by atoms with Crippen molar-refractivity contribution in [2.45, 2.75) is 37.6 Å². The molecule has 0 aliphatic carbocycles. The first-order chi connectivity index (χ1) is 13.6. The number of aliphatic imine (C=N–C) groups is 1. The molecule has 7 heteroatoms. The highest BCUT2D eigenvalue weighted by molar-refractivity contribution is 14.0. The van der Waals surface area contributed by atoms with Crippen LogP contribution in [0.5, 0.6) is 0 Å². The molecule has 0 saturated carbocycles. The van der Waals surface area contributed by atoms with Crippen LogP contribution in [0.1, 0.15) is 32.3 Å². The van der Waals surface area contributed by atoms with Crippen LogP contribution >= 0.6 is 24.0 Å². The Hall–Kier alpha value is -0.900. The average Bonchev–Trinajstić information content (AvgIpc) is 2.76. The lowest BCUT2D eigenvalue weighted by atomic mass is 9.74. The molecule has 164 valence electrons. The van der Waals surface area contributed by atoms with E-state index in [1.54, 1.807) is 0 Å². The smallest absolute Gasteiger partial charge is 0.191 e. The third kappa shape index (κ3) is 6.54. The van der Waals surface area contributed by atoms with Gasteiger partial charge in [-0.25, -0.2) is 0 Å². The van der Waals surface area contributed by atoms with Gasteiger partial charge >= 0.3 is 0 Å². The lowest BCUT2D eigenvalue weighted by molar-refractivity contribution is -0.00835. The van der Waals surface area contributed by atoms with Gasteiger partial charge in [0.2, 0.25) is 0 Å². The maximum Gasteiger partial charge on any atom is 0.191 e. The van der Waals surface area contributed by atoms with Crippen molar-refractivity contribution in [3.63, 3.8) is 0 Å². The van der Waals surface area contributed by atoms with Gasteiger partial charge in [-0.1, -0.05) is 30.3 Å². The number of rotatable bonds is 6. The molecule has 0 unspecified atom stereocenters. The summed E-state index contributed by atoms with van der Waals surface area (Å²) in [6, 6.07) is 10.8. The summed E-state index contributed by atoms with van der Waals surface area (Å²) in [7, 11) is 1.84. The minimum atomic E-state index is 0. The number of nitrogens with one attached hydrogen (secondary N) is 2. The van der Waals surface area contributed by atoms with Gasteiger partial charge in [-0.05, 0) is 32.3 Å². The van der Waals surface area contributed by atoms with E-state index in [9.17, 15) is 0 Å². The topological polar surface area (TPSA) is 58.1 Å². The maximum absolute atomic E-state index is 5.65. The number of hydrogen-bond donors (Lipinski definition) is 2. The summed E-state index contributed by atoms with van der Waals surface area (Å²) >= 11 is 0. The van der Waals surface area contributed by atoms with Crippen LogP contribution < -0.4 is 10.6 Å². The molecule has 2 fully saturated rings. The zero-order chi connectivity index (χ0) is 19.9. The minimum absolute atomic E-state index is 0. The van der Waals surface area contributed by atoms with E-state index in [4.69, 9.17) is 9.47 Å². The fourth-order valence-corrected chi connectivity index (χ4v) is 4.18. The first-order valence-corrected chi connectivity index (χ1v) is 10.5. The van der Waals surface area contributed by atoms with Crippen LogP contribution in [0.4, 0.5) is 0 Å². The fourth-order valence-electron chi connectivity index (χ4n) is 4.18. The van der Waals surface area contributed by atoms with Gasteiger partial charge in [-0.3, -0.25) is 9.89 Å². The van der Waals surface area contributed by atoms with Crippen LogP contribution in [-0.4, -0.2) is 76.1 Å². The molecule has 0 spiro atoms. The molecule has 2 aliphatic heterocycles. The molecule has 0 radical (unpaired) electrons. The SMILES string of the molecule is CN=C(NCC1(c2ccccc2)CCOCC1)NCC(C)(C)N1CCOCC1.I. The Labute approximate surface area is 192 Å². The molecule has 2 N–H and O–H groups in total. The van der Waals surface area contributed by atoms with E-state index >= 15 is 0 Å². The Bertz CT molecular complexity index is 627. The van der Waals surface area contributed by atoms with Crippen LogP contribution in [0.2, 0.25) is 0 Å². The number of guanidine groups is 1. The molecule has 3 rings (SSSR count). The summed E-state index contributed by atoms with van der Waals surface area (Å²) in [6.07, 6.45) is 2.06. The standard InChI is InChI=1S/C22H36N4O2.HI/c1-21(2,26-11-15-28-16-12-26)17-24-20(23-3)25-18-22(9-13-27-14-10-22)19-7-5-4-6-8-19;/h4-8H,9-18H2,1-3H3,(H2,23,24,25);1H. The quantitative estimate of drug-likeness (QED) is 0.346.